The molecule has 0 spiro atoms. The first kappa shape index (κ1) is 13.2. The Hall–Kier alpha value is -2.19. The molecule has 0 aliphatic heterocycles. The number of benzene rings is 1. The lowest BCUT2D eigenvalue weighted by Gasteiger charge is -2.17. The van der Waals surface area contributed by atoms with Crippen molar-refractivity contribution in [2.24, 2.45) is 0 Å². The first-order valence-electron chi connectivity index (χ1n) is 5.50. The minimum Gasteiger partial charge on any atom is -0.311 e. The lowest BCUT2D eigenvalue weighted by Crippen LogP contribution is -2.26. The monoisotopic (exact) mass is 315 g/mol. The molecule has 1 amide bonds. The fourth-order valence-corrected chi connectivity index (χ4v) is 1.86. The predicted octanol–water partition coefficient (Wildman–Crippen LogP) is 2.99. The molecule has 5 heteroatoms. The van der Waals surface area contributed by atoms with E-state index in [2.05, 4.69) is 20.9 Å². The van der Waals surface area contributed by atoms with E-state index in [1.165, 1.54) is 23.4 Å². The van der Waals surface area contributed by atoms with Gasteiger partial charge in [0.25, 0.3) is 5.91 Å². The van der Waals surface area contributed by atoms with Crippen molar-refractivity contribution in [1.29, 1.82) is 5.26 Å². The smallest absolute Gasteiger partial charge is 0.259 e. The zero-order valence-corrected chi connectivity index (χ0v) is 11.8. The molecule has 0 saturated heterocycles. The molecular weight excluding hydrogens is 306 g/mol. The lowest BCUT2D eigenvalue weighted by molar-refractivity contribution is 0.0992. The second-order valence-electron chi connectivity index (χ2n) is 3.91. The molecule has 1 aromatic carbocycles. The number of nitriles is 1. The summed E-state index contributed by atoms with van der Waals surface area (Å²) < 4.78 is 0.949. The van der Waals surface area contributed by atoms with Gasteiger partial charge in [-0.2, -0.15) is 5.26 Å². The van der Waals surface area contributed by atoms with E-state index in [-0.39, 0.29) is 5.91 Å². The quantitative estimate of drug-likeness (QED) is 0.856. The van der Waals surface area contributed by atoms with Gasteiger partial charge in [-0.3, -0.25) is 9.78 Å². The average Bonchev–Trinajstić information content (AvgIpc) is 2.46. The van der Waals surface area contributed by atoms with Gasteiger partial charge in [-0.25, -0.2) is 0 Å². The average molecular weight is 316 g/mol. The van der Waals surface area contributed by atoms with Crippen molar-refractivity contribution in [3.8, 4) is 6.07 Å². The molecule has 4 nitrogen and oxygen atoms in total. The summed E-state index contributed by atoms with van der Waals surface area (Å²) in [5.74, 6) is -0.202. The largest absolute Gasteiger partial charge is 0.311 e. The van der Waals surface area contributed by atoms with E-state index in [0.717, 1.165) is 10.2 Å². The molecule has 94 valence electrons. The molecule has 0 bridgehead atoms. The van der Waals surface area contributed by atoms with Crippen LogP contribution in [0, 0.1) is 11.3 Å². The Labute approximate surface area is 119 Å². The van der Waals surface area contributed by atoms with Gasteiger partial charge in [-0.1, -0.05) is 15.9 Å². The van der Waals surface area contributed by atoms with Gasteiger partial charge < -0.3 is 4.90 Å². The van der Waals surface area contributed by atoms with Crippen LogP contribution in [0.15, 0.2) is 47.2 Å². The van der Waals surface area contributed by atoms with E-state index < -0.39 is 0 Å². The highest BCUT2D eigenvalue weighted by atomic mass is 79.9. The second kappa shape index (κ2) is 5.63. The van der Waals surface area contributed by atoms with Crippen LogP contribution in [0.5, 0.6) is 0 Å². The number of halogens is 1. The Bertz CT molecular complexity index is 646. The van der Waals surface area contributed by atoms with E-state index >= 15 is 0 Å². The fraction of sp³-hybridized carbons (Fsp3) is 0.0714. The molecule has 0 radical (unpaired) electrons. The van der Waals surface area contributed by atoms with Crippen molar-refractivity contribution in [3.63, 3.8) is 0 Å². The Morgan fingerprint density at radius 3 is 2.63 bits per heavy atom. The molecule has 0 fully saturated rings. The molecule has 19 heavy (non-hydrogen) atoms. The lowest BCUT2D eigenvalue weighted by atomic mass is 10.2. The van der Waals surface area contributed by atoms with Crippen LogP contribution in [0.3, 0.4) is 0 Å². The number of anilines is 1. The van der Waals surface area contributed by atoms with Crippen LogP contribution < -0.4 is 4.90 Å². The summed E-state index contributed by atoms with van der Waals surface area (Å²) in [4.78, 5) is 17.7. The van der Waals surface area contributed by atoms with Crippen LogP contribution in [0.4, 0.5) is 5.69 Å². The zero-order chi connectivity index (χ0) is 13.8. The number of hydrogen-bond acceptors (Lipinski definition) is 3. The van der Waals surface area contributed by atoms with Gasteiger partial charge in [0.15, 0.2) is 0 Å². The standard InChI is InChI=1S/C14H10BrN3O/c1-18(13-4-2-12(15)3-5-13)14(19)11-6-10(7-16)8-17-9-11/h2-6,8-9H,1H3. The molecule has 0 saturated carbocycles. The number of hydrogen-bond donors (Lipinski definition) is 0. The molecule has 0 unspecified atom stereocenters. The minimum absolute atomic E-state index is 0.202. The van der Waals surface area contributed by atoms with Crippen LogP contribution in [-0.4, -0.2) is 17.9 Å². The van der Waals surface area contributed by atoms with Gasteiger partial charge >= 0.3 is 0 Å². The Morgan fingerprint density at radius 1 is 1.32 bits per heavy atom. The Morgan fingerprint density at radius 2 is 2.00 bits per heavy atom. The van der Waals surface area contributed by atoms with Gasteiger partial charge in [-0.05, 0) is 30.3 Å². The third-order valence-electron chi connectivity index (χ3n) is 2.63. The molecule has 0 aliphatic carbocycles. The summed E-state index contributed by atoms with van der Waals surface area (Å²) in [5.41, 5.74) is 1.54. The fourth-order valence-electron chi connectivity index (χ4n) is 1.59. The number of carbonyl (C=O) groups is 1. The first-order chi connectivity index (χ1) is 9.11. The maximum Gasteiger partial charge on any atom is 0.259 e. The van der Waals surface area contributed by atoms with E-state index in [1.54, 1.807) is 7.05 Å². The molecule has 2 rings (SSSR count). The summed E-state index contributed by atoms with van der Waals surface area (Å²) in [6.45, 7) is 0. The molecule has 1 aromatic heterocycles. The SMILES string of the molecule is CN(C(=O)c1cncc(C#N)c1)c1ccc(Br)cc1. The van der Waals surface area contributed by atoms with E-state index in [9.17, 15) is 4.79 Å². The van der Waals surface area contributed by atoms with Crippen LogP contribution in [0.25, 0.3) is 0 Å². The van der Waals surface area contributed by atoms with E-state index in [1.807, 2.05) is 30.3 Å². The van der Waals surface area contributed by atoms with Crippen LogP contribution in [0.2, 0.25) is 0 Å². The molecule has 0 atom stereocenters. The van der Waals surface area contributed by atoms with Gasteiger partial charge in [0.1, 0.15) is 6.07 Å². The van der Waals surface area contributed by atoms with E-state index in [0.29, 0.717) is 11.1 Å². The maximum atomic E-state index is 12.3. The summed E-state index contributed by atoms with van der Waals surface area (Å²) in [7, 11) is 1.69. The van der Waals surface area contributed by atoms with Crippen molar-refractivity contribution in [1.82, 2.24) is 4.98 Å². The summed E-state index contributed by atoms with van der Waals surface area (Å²) in [5, 5.41) is 8.81. The Balaban J connectivity index is 2.28. The highest BCUT2D eigenvalue weighted by Crippen LogP contribution is 2.19. The molecule has 1 heterocycles. The van der Waals surface area contributed by atoms with Crippen molar-refractivity contribution in [3.05, 3.63) is 58.3 Å². The summed E-state index contributed by atoms with van der Waals surface area (Å²) in [6, 6.07) is 10.9. The Kier molecular flexibility index (Phi) is 3.93. The number of rotatable bonds is 2. The van der Waals surface area contributed by atoms with Gasteiger partial charge in [0.2, 0.25) is 0 Å². The highest BCUT2D eigenvalue weighted by molar-refractivity contribution is 9.10. The number of pyridine rings is 1. The van der Waals surface area contributed by atoms with Crippen LogP contribution in [-0.2, 0) is 0 Å². The number of amides is 1. The van der Waals surface area contributed by atoms with Crippen LogP contribution >= 0.6 is 15.9 Å². The number of aromatic nitrogens is 1. The van der Waals surface area contributed by atoms with Gasteiger partial charge in [-0.15, -0.1) is 0 Å². The number of nitrogens with zero attached hydrogens (tertiary/aromatic N) is 3. The second-order valence-corrected chi connectivity index (χ2v) is 4.83. The molecule has 0 aliphatic rings. The molecule has 0 N–H and O–H groups in total. The molecular formula is C14H10BrN3O. The van der Waals surface area contributed by atoms with E-state index in [4.69, 9.17) is 5.26 Å². The van der Waals surface area contributed by atoms with Gasteiger partial charge in [0.05, 0.1) is 11.1 Å². The third-order valence-corrected chi connectivity index (χ3v) is 3.16. The van der Waals surface area contributed by atoms with Crippen molar-refractivity contribution in [2.75, 3.05) is 11.9 Å². The van der Waals surface area contributed by atoms with Crippen molar-refractivity contribution < 1.29 is 4.79 Å². The van der Waals surface area contributed by atoms with Crippen LogP contribution in [0.1, 0.15) is 15.9 Å². The predicted molar refractivity (Wildman–Crippen MR) is 75.8 cm³/mol. The summed E-state index contributed by atoms with van der Waals surface area (Å²) in [6.07, 6.45) is 2.88. The van der Waals surface area contributed by atoms with Crippen molar-refractivity contribution >= 4 is 27.5 Å². The number of carbonyl (C=O) groups excluding carboxylic acids is 1. The molecule has 2 aromatic rings. The summed E-state index contributed by atoms with van der Waals surface area (Å²) >= 11 is 3.35. The third kappa shape index (κ3) is 2.98. The maximum absolute atomic E-state index is 12.3. The zero-order valence-electron chi connectivity index (χ0n) is 10.2. The first-order valence-corrected chi connectivity index (χ1v) is 6.30. The van der Waals surface area contributed by atoms with Crippen molar-refractivity contribution in [2.45, 2.75) is 0 Å². The van der Waals surface area contributed by atoms with Gasteiger partial charge in [0, 0.05) is 29.6 Å². The topological polar surface area (TPSA) is 57.0 Å². The normalized spacial score (nSPS) is 9.74. The minimum atomic E-state index is -0.202. The highest BCUT2D eigenvalue weighted by Gasteiger charge is 2.14.